The summed E-state index contributed by atoms with van der Waals surface area (Å²) in [4.78, 5) is 10.0. The lowest BCUT2D eigenvalue weighted by Crippen LogP contribution is -2.30. The number of nitrogens with one attached hydrogen (secondary N) is 1. The lowest BCUT2D eigenvalue weighted by atomic mass is 9.86. The minimum Gasteiger partial charge on any atom is -0.393 e. The summed E-state index contributed by atoms with van der Waals surface area (Å²) in [6.45, 7) is 0.502. The molecule has 1 fully saturated rings. The molecule has 0 aliphatic heterocycles. The second kappa shape index (κ2) is 5.97. The van der Waals surface area contributed by atoms with E-state index in [2.05, 4.69) is 5.32 Å². The molecule has 0 radical (unpaired) electrons. The number of halogens is 1. The van der Waals surface area contributed by atoms with Gasteiger partial charge in [-0.25, -0.2) is 4.39 Å². The molecule has 5 nitrogen and oxygen atoms in total. The van der Waals surface area contributed by atoms with E-state index in [-0.39, 0.29) is 17.7 Å². The fraction of sp³-hybridized carbons (Fsp3) is 0.538. The van der Waals surface area contributed by atoms with E-state index in [4.69, 9.17) is 0 Å². The van der Waals surface area contributed by atoms with E-state index < -0.39 is 10.7 Å². The highest BCUT2D eigenvalue weighted by molar-refractivity contribution is 5.51. The van der Waals surface area contributed by atoms with Crippen LogP contribution in [0.15, 0.2) is 18.2 Å². The summed E-state index contributed by atoms with van der Waals surface area (Å²) < 4.78 is 13.2. The van der Waals surface area contributed by atoms with Crippen molar-refractivity contribution in [2.75, 3.05) is 11.9 Å². The smallest absolute Gasteiger partial charge is 0.274 e. The Kier molecular flexibility index (Phi) is 4.31. The molecule has 1 aromatic carbocycles. The maximum Gasteiger partial charge on any atom is 0.274 e. The monoisotopic (exact) mass is 268 g/mol. The molecule has 6 heteroatoms. The molecule has 2 N–H and O–H groups in total. The highest BCUT2D eigenvalue weighted by atomic mass is 19.1. The maximum absolute atomic E-state index is 13.2. The second-order valence-corrected chi connectivity index (χ2v) is 4.95. The molecule has 2 unspecified atom stereocenters. The molecule has 0 bridgehead atoms. The quantitative estimate of drug-likeness (QED) is 0.650. The fourth-order valence-electron chi connectivity index (χ4n) is 2.46. The molecular formula is C13H17FN2O3. The molecule has 2 rings (SSSR count). The normalized spacial score (nSPS) is 23.1. The third-order valence-electron chi connectivity index (χ3n) is 3.53. The molecule has 1 saturated carbocycles. The largest absolute Gasteiger partial charge is 0.393 e. The zero-order valence-electron chi connectivity index (χ0n) is 10.5. The van der Waals surface area contributed by atoms with E-state index in [0.717, 1.165) is 31.7 Å². The zero-order valence-corrected chi connectivity index (χ0v) is 10.5. The van der Waals surface area contributed by atoms with E-state index in [0.29, 0.717) is 12.2 Å². The molecule has 0 spiro atoms. The Bertz CT molecular complexity index is 467. The van der Waals surface area contributed by atoms with Crippen molar-refractivity contribution in [1.82, 2.24) is 0 Å². The predicted molar refractivity (Wildman–Crippen MR) is 69.5 cm³/mol. The number of nitrogens with zero attached hydrogens (tertiary/aromatic N) is 1. The Morgan fingerprint density at radius 3 is 2.79 bits per heavy atom. The zero-order chi connectivity index (χ0) is 13.8. The van der Waals surface area contributed by atoms with Gasteiger partial charge in [-0.3, -0.25) is 10.1 Å². The van der Waals surface area contributed by atoms with Crippen LogP contribution >= 0.6 is 0 Å². The van der Waals surface area contributed by atoms with Crippen LogP contribution in [0.4, 0.5) is 15.8 Å². The lowest BCUT2D eigenvalue weighted by Gasteiger charge is -2.27. The third kappa shape index (κ3) is 3.64. The van der Waals surface area contributed by atoms with Gasteiger partial charge in [0.1, 0.15) is 5.82 Å². The lowest BCUT2D eigenvalue weighted by molar-refractivity contribution is -0.385. The summed E-state index contributed by atoms with van der Waals surface area (Å²) in [6.07, 6.45) is 3.47. The number of aliphatic hydroxyl groups excluding tert-OH is 1. The summed E-state index contributed by atoms with van der Waals surface area (Å²) in [5.74, 6) is -0.517. The van der Waals surface area contributed by atoms with Crippen LogP contribution in [0.3, 0.4) is 0 Å². The number of anilines is 1. The molecule has 0 amide bonds. The first-order valence-electron chi connectivity index (χ1n) is 6.43. The van der Waals surface area contributed by atoms with Gasteiger partial charge in [0.15, 0.2) is 0 Å². The molecule has 1 aliphatic rings. The van der Waals surface area contributed by atoms with Gasteiger partial charge in [0.2, 0.25) is 0 Å². The second-order valence-electron chi connectivity index (χ2n) is 4.95. The number of non-ortho nitro benzene ring substituents is 1. The minimum absolute atomic E-state index is 0.121. The molecule has 104 valence electrons. The predicted octanol–water partition coefficient (Wildman–Crippen LogP) is 2.70. The summed E-state index contributed by atoms with van der Waals surface area (Å²) in [5, 5.41) is 23.4. The number of hydrogen-bond acceptors (Lipinski definition) is 4. The summed E-state index contributed by atoms with van der Waals surface area (Å²) >= 11 is 0. The number of rotatable bonds is 4. The topological polar surface area (TPSA) is 75.4 Å². The van der Waals surface area contributed by atoms with E-state index in [1.165, 1.54) is 12.1 Å². The Balaban J connectivity index is 2.00. The Hall–Kier alpha value is -1.69. The molecule has 0 heterocycles. The van der Waals surface area contributed by atoms with Gasteiger partial charge in [0.25, 0.3) is 5.69 Å². The molecule has 2 atom stereocenters. The minimum atomic E-state index is -0.638. The number of nitro groups is 1. The molecule has 19 heavy (non-hydrogen) atoms. The molecule has 1 aromatic rings. The molecule has 0 aromatic heterocycles. The van der Waals surface area contributed by atoms with E-state index in [1.54, 1.807) is 0 Å². The summed E-state index contributed by atoms with van der Waals surface area (Å²) in [6, 6.07) is 3.42. The first kappa shape index (κ1) is 13.7. The van der Waals surface area contributed by atoms with Gasteiger partial charge in [-0.2, -0.15) is 0 Å². The van der Waals surface area contributed by atoms with Crippen molar-refractivity contribution >= 4 is 11.4 Å². The average Bonchev–Trinajstić information content (AvgIpc) is 2.37. The third-order valence-corrected chi connectivity index (χ3v) is 3.53. The van der Waals surface area contributed by atoms with Crippen molar-refractivity contribution in [2.24, 2.45) is 5.92 Å². The van der Waals surface area contributed by atoms with Gasteiger partial charge in [0.05, 0.1) is 17.1 Å². The van der Waals surface area contributed by atoms with Gasteiger partial charge >= 0.3 is 0 Å². The van der Waals surface area contributed by atoms with Crippen LogP contribution in [0.2, 0.25) is 0 Å². The van der Waals surface area contributed by atoms with E-state index in [1.807, 2.05) is 0 Å². The highest BCUT2D eigenvalue weighted by Gasteiger charge is 2.22. The van der Waals surface area contributed by atoms with Crippen molar-refractivity contribution in [2.45, 2.75) is 31.8 Å². The standard InChI is InChI=1S/C13H17FN2O3/c14-10-5-11(7-12(6-10)16(18)19)15-8-9-3-1-2-4-13(9)17/h5-7,9,13,15,17H,1-4,8H2. The van der Waals surface area contributed by atoms with Crippen LogP contribution in [0.25, 0.3) is 0 Å². The van der Waals surface area contributed by atoms with Gasteiger partial charge in [-0.1, -0.05) is 12.8 Å². The van der Waals surface area contributed by atoms with Gasteiger partial charge in [-0.15, -0.1) is 0 Å². The number of hydrogen-bond donors (Lipinski definition) is 2. The van der Waals surface area contributed by atoms with Crippen LogP contribution < -0.4 is 5.32 Å². The van der Waals surface area contributed by atoms with Crippen LogP contribution in [0.5, 0.6) is 0 Å². The van der Waals surface area contributed by atoms with E-state index >= 15 is 0 Å². The fourth-order valence-corrected chi connectivity index (χ4v) is 2.46. The van der Waals surface area contributed by atoms with Crippen LogP contribution in [-0.2, 0) is 0 Å². The van der Waals surface area contributed by atoms with Gasteiger partial charge in [-0.05, 0) is 18.9 Å². The van der Waals surface area contributed by atoms with Crippen molar-refractivity contribution in [3.63, 3.8) is 0 Å². The summed E-state index contributed by atoms with van der Waals surface area (Å²) in [7, 11) is 0. The first-order chi connectivity index (χ1) is 9.06. The number of aliphatic hydroxyl groups is 1. The van der Waals surface area contributed by atoms with Gasteiger partial charge in [0, 0.05) is 24.2 Å². The van der Waals surface area contributed by atoms with Crippen LogP contribution in [-0.4, -0.2) is 22.7 Å². The van der Waals surface area contributed by atoms with Gasteiger partial charge < -0.3 is 10.4 Å². The van der Waals surface area contributed by atoms with Crippen molar-refractivity contribution in [3.05, 3.63) is 34.1 Å². The number of benzene rings is 1. The Morgan fingerprint density at radius 1 is 1.37 bits per heavy atom. The number of nitro benzene ring substituents is 1. The Labute approximate surface area is 110 Å². The summed E-state index contributed by atoms with van der Waals surface area (Å²) in [5.41, 5.74) is 0.108. The highest BCUT2D eigenvalue weighted by Crippen LogP contribution is 2.26. The van der Waals surface area contributed by atoms with Crippen molar-refractivity contribution in [1.29, 1.82) is 0 Å². The van der Waals surface area contributed by atoms with Crippen LogP contribution in [0, 0.1) is 21.8 Å². The van der Waals surface area contributed by atoms with Crippen molar-refractivity contribution < 1.29 is 14.4 Å². The van der Waals surface area contributed by atoms with E-state index in [9.17, 15) is 19.6 Å². The Morgan fingerprint density at radius 2 is 2.11 bits per heavy atom. The first-order valence-corrected chi connectivity index (χ1v) is 6.43. The molecular weight excluding hydrogens is 251 g/mol. The SMILES string of the molecule is O=[N+]([O-])c1cc(F)cc(NCC2CCCCC2O)c1. The molecule has 0 saturated heterocycles. The average molecular weight is 268 g/mol. The van der Waals surface area contributed by atoms with Crippen LogP contribution in [0.1, 0.15) is 25.7 Å². The van der Waals surface area contributed by atoms with Crippen molar-refractivity contribution in [3.8, 4) is 0 Å². The molecule has 1 aliphatic carbocycles. The maximum atomic E-state index is 13.2.